The van der Waals surface area contributed by atoms with Crippen molar-refractivity contribution in [3.05, 3.63) is 76.6 Å². The third-order valence-corrected chi connectivity index (χ3v) is 6.82. The molecule has 1 fully saturated rings. The van der Waals surface area contributed by atoms with E-state index in [0.29, 0.717) is 15.8 Å². The molecule has 156 valence electrons. The van der Waals surface area contributed by atoms with Gasteiger partial charge in [-0.2, -0.15) is 16.9 Å². The maximum Gasteiger partial charge on any atom is 0.259 e. The van der Waals surface area contributed by atoms with Gasteiger partial charge in [-0.25, -0.2) is 4.68 Å². The summed E-state index contributed by atoms with van der Waals surface area (Å²) in [5.41, 5.74) is 4.12. The van der Waals surface area contributed by atoms with Crippen molar-refractivity contribution in [2.24, 2.45) is 0 Å². The van der Waals surface area contributed by atoms with E-state index in [1.807, 2.05) is 61.2 Å². The first-order valence-corrected chi connectivity index (χ1v) is 11.4. The number of hydrogen-bond donors (Lipinski definition) is 1. The van der Waals surface area contributed by atoms with E-state index in [1.165, 1.54) is 5.56 Å². The lowest BCUT2D eigenvalue weighted by Crippen LogP contribution is -2.17. The Balaban J connectivity index is 1.43. The molecule has 2 aromatic carbocycles. The minimum atomic E-state index is -0.171. The molecule has 0 saturated carbocycles. The molecule has 1 N–H and O–H groups in total. The maximum atomic E-state index is 12.9. The van der Waals surface area contributed by atoms with Crippen LogP contribution >= 0.6 is 23.4 Å². The molecule has 1 amide bonds. The Bertz CT molecular complexity index is 1030. The van der Waals surface area contributed by atoms with Crippen molar-refractivity contribution < 1.29 is 9.53 Å². The molecule has 0 radical (unpaired) electrons. The summed E-state index contributed by atoms with van der Waals surface area (Å²) in [5, 5.41) is 8.66. The number of halogens is 1. The van der Waals surface area contributed by atoms with Crippen molar-refractivity contribution in [2.45, 2.75) is 30.8 Å². The minimum Gasteiger partial charge on any atom is -0.381 e. The van der Waals surface area contributed by atoms with Gasteiger partial charge in [-0.05, 0) is 55.7 Å². The zero-order valence-corrected chi connectivity index (χ0v) is 18.4. The molecule has 0 aliphatic carbocycles. The van der Waals surface area contributed by atoms with Crippen LogP contribution in [0, 0.1) is 6.92 Å². The highest BCUT2D eigenvalue weighted by Gasteiger charge is 2.17. The normalized spacial score (nSPS) is 14.6. The van der Waals surface area contributed by atoms with Gasteiger partial charge in [0.1, 0.15) is 0 Å². The molecule has 0 atom stereocenters. The lowest BCUT2D eigenvalue weighted by atomic mass is 10.2. The predicted molar refractivity (Wildman–Crippen MR) is 123 cm³/mol. The van der Waals surface area contributed by atoms with Crippen LogP contribution in [0.3, 0.4) is 0 Å². The fourth-order valence-electron chi connectivity index (χ4n) is 3.49. The van der Waals surface area contributed by atoms with Crippen LogP contribution in [-0.2, 0) is 10.5 Å². The Morgan fingerprint density at radius 1 is 1.23 bits per heavy atom. The molecule has 5 nitrogen and oxygen atoms in total. The molecule has 1 aromatic heterocycles. The van der Waals surface area contributed by atoms with E-state index in [0.717, 1.165) is 48.9 Å². The van der Waals surface area contributed by atoms with Gasteiger partial charge in [-0.1, -0.05) is 29.8 Å². The SMILES string of the molecule is Cc1c(C(=O)Nc2cccc(CSC3CCOCC3)c2)cnn1-c1cccc(Cl)c1. The van der Waals surface area contributed by atoms with Crippen LogP contribution < -0.4 is 5.32 Å². The largest absolute Gasteiger partial charge is 0.381 e. The van der Waals surface area contributed by atoms with Crippen molar-refractivity contribution in [1.82, 2.24) is 9.78 Å². The quantitative estimate of drug-likeness (QED) is 0.548. The molecular formula is C23H24ClN3O2S. The predicted octanol–water partition coefficient (Wildman–Crippen LogP) is 5.50. The standard InChI is InChI=1S/C23H24ClN3O2S/c1-16-22(14-25-27(16)20-7-3-5-18(24)13-20)23(28)26-19-6-2-4-17(12-19)15-30-21-8-10-29-11-9-21/h2-7,12-14,21H,8-11,15H2,1H3,(H,26,28). The van der Waals surface area contributed by atoms with Crippen LogP contribution in [0.25, 0.3) is 5.69 Å². The Kier molecular flexibility index (Phi) is 6.77. The number of benzene rings is 2. The van der Waals surface area contributed by atoms with Gasteiger partial charge < -0.3 is 10.1 Å². The number of aromatic nitrogens is 2. The highest BCUT2D eigenvalue weighted by atomic mass is 35.5. The molecule has 7 heteroatoms. The number of carbonyl (C=O) groups excluding carboxylic acids is 1. The second kappa shape index (κ2) is 9.69. The lowest BCUT2D eigenvalue weighted by molar-refractivity contribution is 0.1000. The summed E-state index contributed by atoms with van der Waals surface area (Å²) >= 11 is 8.05. The number of anilines is 1. The molecule has 2 heterocycles. The number of rotatable bonds is 6. The van der Waals surface area contributed by atoms with Crippen molar-refractivity contribution >= 4 is 35.0 Å². The summed E-state index contributed by atoms with van der Waals surface area (Å²) < 4.78 is 7.15. The summed E-state index contributed by atoms with van der Waals surface area (Å²) in [6, 6.07) is 15.4. The van der Waals surface area contributed by atoms with Crippen molar-refractivity contribution in [3.8, 4) is 5.69 Å². The Morgan fingerprint density at radius 2 is 2.03 bits per heavy atom. The fourth-order valence-corrected chi connectivity index (χ4v) is 4.81. The molecule has 0 unspecified atom stereocenters. The smallest absolute Gasteiger partial charge is 0.259 e. The number of nitrogens with zero attached hydrogens (tertiary/aromatic N) is 2. The average Bonchev–Trinajstić information content (AvgIpc) is 3.15. The summed E-state index contributed by atoms with van der Waals surface area (Å²) in [6.45, 7) is 3.59. The molecule has 30 heavy (non-hydrogen) atoms. The monoisotopic (exact) mass is 441 g/mol. The third-order valence-electron chi connectivity index (χ3n) is 5.15. The molecule has 3 aromatic rings. The van der Waals surface area contributed by atoms with Crippen LogP contribution in [0.2, 0.25) is 5.02 Å². The number of carbonyl (C=O) groups is 1. The van der Waals surface area contributed by atoms with E-state index in [4.69, 9.17) is 16.3 Å². The Morgan fingerprint density at radius 3 is 2.83 bits per heavy atom. The number of thioether (sulfide) groups is 1. The first-order valence-electron chi connectivity index (χ1n) is 10.0. The van der Waals surface area contributed by atoms with Crippen LogP contribution in [0.4, 0.5) is 5.69 Å². The molecule has 4 rings (SSSR count). The molecule has 1 aliphatic heterocycles. The Labute approximate surface area is 185 Å². The molecule has 1 saturated heterocycles. The van der Waals surface area contributed by atoms with Crippen LogP contribution in [0.15, 0.2) is 54.7 Å². The summed E-state index contributed by atoms with van der Waals surface area (Å²) in [6.07, 6.45) is 3.81. The second-order valence-electron chi connectivity index (χ2n) is 7.31. The third kappa shape index (κ3) is 5.06. The molecular weight excluding hydrogens is 418 g/mol. The van der Waals surface area contributed by atoms with Gasteiger partial charge in [-0.3, -0.25) is 4.79 Å². The Hall–Kier alpha value is -2.28. The first-order chi connectivity index (χ1) is 14.6. The second-order valence-corrected chi connectivity index (χ2v) is 9.04. The number of ether oxygens (including phenoxy) is 1. The summed E-state index contributed by atoms with van der Waals surface area (Å²) in [4.78, 5) is 12.9. The van der Waals surface area contributed by atoms with Crippen LogP contribution in [0.5, 0.6) is 0 Å². The van der Waals surface area contributed by atoms with E-state index < -0.39 is 0 Å². The zero-order chi connectivity index (χ0) is 20.9. The van der Waals surface area contributed by atoms with Crippen LogP contribution in [0.1, 0.15) is 34.5 Å². The van der Waals surface area contributed by atoms with E-state index in [-0.39, 0.29) is 5.91 Å². The van der Waals surface area contributed by atoms with Crippen molar-refractivity contribution in [3.63, 3.8) is 0 Å². The zero-order valence-electron chi connectivity index (χ0n) is 16.8. The number of nitrogens with one attached hydrogen (secondary N) is 1. The van der Waals surface area contributed by atoms with Gasteiger partial charge in [0.05, 0.1) is 23.1 Å². The first kappa shape index (κ1) is 21.0. The minimum absolute atomic E-state index is 0.171. The van der Waals surface area contributed by atoms with E-state index in [1.54, 1.807) is 10.9 Å². The fraction of sp³-hybridized carbons (Fsp3) is 0.304. The number of hydrogen-bond acceptors (Lipinski definition) is 4. The van der Waals surface area contributed by atoms with Gasteiger partial charge in [0, 0.05) is 34.9 Å². The maximum absolute atomic E-state index is 12.9. The van der Waals surface area contributed by atoms with E-state index in [9.17, 15) is 4.79 Å². The number of amides is 1. The highest BCUT2D eigenvalue weighted by molar-refractivity contribution is 7.99. The highest BCUT2D eigenvalue weighted by Crippen LogP contribution is 2.27. The summed E-state index contributed by atoms with van der Waals surface area (Å²) in [5.74, 6) is 0.759. The van der Waals surface area contributed by atoms with Crippen molar-refractivity contribution in [2.75, 3.05) is 18.5 Å². The van der Waals surface area contributed by atoms with Crippen molar-refractivity contribution in [1.29, 1.82) is 0 Å². The van der Waals surface area contributed by atoms with Gasteiger partial charge >= 0.3 is 0 Å². The van der Waals surface area contributed by atoms with Gasteiger partial charge in [-0.15, -0.1) is 0 Å². The van der Waals surface area contributed by atoms with Gasteiger partial charge in [0.2, 0.25) is 0 Å². The van der Waals surface area contributed by atoms with Crippen LogP contribution in [-0.4, -0.2) is 34.2 Å². The molecule has 0 spiro atoms. The lowest BCUT2D eigenvalue weighted by Gasteiger charge is -2.21. The average molecular weight is 442 g/mol. The molecule has 0 bridgehead atoms. The topological polar surface area (TPSA) is 56.1 Å². The van der Waals surface area contributed by atoms with Gasteiger partial charge in [0.25, 0.3) is 5.91 Å². The van der Waals surface area contributed by atoms with E-state index >= 15 is 0 Å². The summed E-state index contributed by atoms with van der Waals surface area (Å²) in [7, 11) is 0. The van der Waals surface area contributed by atoms with Gasteiger partial charge in [0.15, 0.2) is 0 Å². The van der Waals surface area contributed by atoms with E-state index in [2.05, 4.69) is 16.5 Å². The molecule has 1 aliphatic rings.